The summed E-state index contributed by atoms with van der Waals surface area (Å²) in [5.74, 6) is 1.62. The summed E-state index contributed by atoms with van der Waals surface area (Å²) in [6.45, 7) is 8.72. The smallest absolute Gasteiger partial charge is 0.0698 e. The fourth-order valence-electron chi connectivity index (χ4n) is 2.56. The molecule has 3 unspecified atom stereocenters. The van der Waals surface area contributed by atoms with Crippen molar-refractivity contribution in [1.29, 1.82) is 0 Å². The fraction of sp³-hybridized carbons (Fsp3) is 0.769. The van der Waals surface area contributed by atoms with E-state index in [0.29, 0.717) is 6.04 Å². The Morgan fingerprint density at radius 2 is 2.29 bits per heavy atom. The van der Waals surface area contributed by atoms with Crippen molar-refractivity contribution in [1.82, 2.24) is 15.1 Å². The second-order valence-electron chi connectivity index (χ2n) is 5.01. The maximum Gasteiger partial charge on any atom is 0.0698 e. The molecule has 1 aromatic rings. The van der Waals surface area contributed by atoms with Crippen LogP contribution < -0.4 is 5.32 Å². The van der Waals surface area contributed by atoms with Crippen LogP contribution in [0.2, 0.25) is 0 Å². The van der Waals surface area contributed by atoms with Crippen molar-refractivity contribution >= 4 is 15.9 Å². The van der Waals surface area contributed by atoms with Gasteiger partial charge in [0.15, 0.2) is 0 Å². The number of rotatable bonds is 6. The van der Waals surface area contributed by atoms with Crippen molar-refractivity contribution in [2.24, 2.45) is 11.8 Å². The summed E-state index contributed by atoms with van der Waals surface area (Å²) in [7, 11) is 0. The summed E-state index contributed by atoms with van der Waals surface area (Å²) in [6, 6.07) is 0.457. The van der Waals surface area contributed by atoms with Crippen LogP contribution in [0.3, 0.4) is 0 Å². The van der Waals surface area contributed by atoms with Gasteiger partial charge in [-0.15, -0.1) is 0 Å². The summed E-state index contributed by atoms with van der Waals surface area (Å²) in [4.78, 5) is 0. The van der Waals surface area contributed by atoms with E-state index in [2.05, 4.69) is 51.8 Å². The molecule has 4 heteroatoms. The zero-order valence-electron chi connectivity index (χ0n) is 10.9. The molecule has 0 bridgehead atoms. The Morgan fingerprint density at radius 3 is 2.82 bits per heavy atom. The Balaban J connectivity index is 2.24. The SMILES string of the molecule is CCCn1ncc(Br)c1C(NCC)C1CC1C. The summed E-state index contributed by atoms with van der Waals surface area (Å²) < 4.78 is 3.30. The maximum atomic E-state index is 4.47. The fourth-order valence-corrected chi connectivity index (χ4v) is 3.10. The highest BCUT2D eigenvalue weighted by Gasteiger charge is 2.41. The number of aryl methyl sites for hydroxylation is 1. The first kappa shape index (κ1) is 13.1. The first-order valence-electron chi connectivity index (χ1n) is 6.63. The van der Waals surface area contributed by atoms with Crippen LogP contribution in [-0.2, 0) is 6.54 Å². The van der Waals surface area contributed by atoms with Crippen LogP contribution in [-0.4, -0.2) is 16.3 Å². The van der Waals surface area contributed by atoms with Crippen LogP contribution in [0.1, 0.15) is 45.3 Å². The monoisotopic (exact) mass is 299 g/mol. The van der Waals surface area contributed by atoms with E-state index >= 15 is 0 Å². The third-order valence-electron chi connectivity index (χ3n) is 3.59. The largest absolute Gasteiger partial charge is 0.309 e. The molecule has 0 spiro atoms. The molecule has 1 saturated carbocycles. The van der Waals surface area contributed by atoms with Gasteiger partial charge in [0.1, 0.15) is 0 Å². The Bertz CT molecular complexity index is 375. The quantitative estimate of drug-likeness (QED) is 0.873. The summed E-state index contributed by atoms with van der Waals surface area (Å²) >= 11 is 3.65. The topological polar surface area (TPSA) is 29.9 Å². The third-order valence-corrected chi connectivity index (χ3v) is 4.20. The molecular weight excluding hydrogens is 278 g/mol. The lowest BCUT2D eigenvalue weighted by Gasteiger charge is -2.20. The van der Waals surface area contributed by atoms with E-state index in [1.54, 1.807) is 0 Å². The van der Waals surface area contributed by atoms with E-state index in [-0.39, 0.29) is 0 Å². The van der Waals surface area contributed by atoms with Gasteiger partial charge in [0.25, 0.3) is 0 Å². The van der Waals surface area contributed by atoms with Gasteiger partial charge in [-0.05, 0) is 47.2 Å². The molecule has 1 fully saturated rings. The Kier molecular flexibility index (Phi) is 4.26. The van der Waals surface area contributed by atoms with Crippen LogP contribution in [0.25, 0.3) is 0 Å². The van der Waals surface area contributed by atoms with E-state index in [4.69, 9.17) is 0 Å². The minimum Gasteiger partial charge on any atom is -0.309 e. The number of nitrogens with one attached hydrogen (secondary N) is 1. The first-order valence-corrected chi connectivity index (χ1v) is 7.42. The predicted molar refractivity (Wildman–Crippen MR) is 73.9 cm³/mol. The molecule has 0 amide bonds. The zero-order valence-corrected chi connectivity index (χ0v) is 12.5. The van der Waals surface area contributed by atoms with Crippen molar-refractivity contribution in [3.63, 3.8) is 0 Å². The number of aromatic nitrogens is 2. The lowest BCUT2D eigenvalue weighted by Crippen LogP contribution is -2.26. The van der Waals surface area contributed by atoms with E-state index in [1.165, 1.54) is 12.1 Å². The Labute approximate surface area is 112 Å². The minimum atomic E-state index is 0.457. The molecule has 17 heavy (non-hydrogen) atoms. The molecule has 1 heterocycles. The molecule has 0 aromatic carbocycles. The van der Waals surface area contributed by atoms with Gasteiger partial charge in [-0.25, -0.2) is 0 Å². The molecule has 3 nitrogen and oxygen atoms in total. The van der Waals surface area contributed by atoms with Crippen LogP contribution in [0.4, 0.5) is 0 Å². The van der Waals surface area contributed by atoms with Crippen molar-refractivity contribution < 1.29 is 0 Å². The number of hydrogen-bond donors (Lipinski definition) is 1. The van der Waals surface area contributed by atoms with E-state index in [9.17, 15) is 0 Å². The first-order chi connectivity index (χ1) is 8.19. The van der Waals surface area contributed by atoms with E-state index in [0.717, 1.165) is 35.8 Å². The number of nitrogens with zero attached hydrogens (tertiary/aromatic N) is 2. The average molecular weight is 300 g/mol. The van der Waals surface area contributed by atoms with Crippen LogP contribution in [0.15, 0.2) is 10.7 Å². The molecule has 2 rings (SSSR count). The highest BCUT2D eigenvalue weighted by Crippen LogP contribution is 2.48. The van der Waals surface area contributed by atoms with Gasteiger partial charge in [-0.2, -0.15) is 5.10 Å². The van der Waals surface area contributed by atoms with Crippen molar-refractivity contribution in [3.05, 3.63) is 16.4 Å². The molecule has 96 valence electrons. The molecule has 1 N–H and O–H groups in total. The lowest BCUT2D eigenvalue weighted by atomic mass is 10.1. The molecule has 0 saturated heterocycles. The second kappa shape index (κ2) is 5.53. The number of halogens is 1. The van der Waals surface area contributed by atoms with Crippen molar-refractivity contribution in [2.75, 3.05) is 6.54 Å². The summed E-state index contributed by atoms with van der Waals surface area (Å²) in [5.41, 5.74) is 1.34. The van der Waals surface area contributed by atoms with E-state index < -0.39 is 0 Å². The normalized spacial score (nSPS) is 24.9. The maximum absolute atomic E-state index is 4.47. The molecule has 3 atom stereocenters. The number of hydrogen-bond acceptors (Lipinski definition) is 2. The highest BCUT2D eigenvalue weighted by molar-refractivity contribution is 9.10. The third kappa shape index (κ3) is 2.74. The molecule has 1 aliphatic rings. The summed E-state index contributed by atoms with van der Waals surface area (Å²) in [5, 5.41) is 8.10. The van der Waals surface area contributed by atoms with E-state index in [1.807, 2.05) is 6.20 Å². The van der Waals surface area contributed by atoms with Crippen LogP contribution in [0, 0.1) is 11.8 Å². The van der Waals surface area contributed by atoms with Gasteiger partial charge in [-0.1, -0.05) is 20.8 Å². The molecule has 0 radical (unpaired) electrons. The average Bonchev–Trinajstić information content (AvgIpc) is 2.91. The standard InChI is InChI=1S/C13H22BrN3/c1-4-6-17-13(11(14)8-16-17)12(15-5-2)10-7-9(10)3/h8-10,12,15H,4-7H2,1-3H3. The van der Waals surface area contributed by atoms with Gasteiger partial charge in [0, 0.05) is 6.54 Å². The zero-order chi connectivity index (χ0) is 12.4. The predicted octanol–water partition coefficient (Wildman–Crippen LogP) is 3.36. The Morgan fingerprint density at radius 1 is 1.59 bits per heavy atom. The molecule has 1 aromatic heterocycles. The van der Waals surface area contributed by atoms with Crippen LogP contribution >= 0.6 is 15.9 Å². The molecular formula is C13H22BrN3. The Hall–Kier alpha value is -0.350. The van der Waals surface area contributed by atoms with Gasteiger partial charge >= 0.3 is 0 Å². The second-order valence-corrected chi connectivity index (χ2v) is 5.87. The highest BCUT2D eigenvalue weighted by atomic mass is 79.9. The lowest BCUT2D eigenvalue weighted by molar-refractivity contribution is 0.428. The van der Waals surface area contributed by atoms with Crippen LogP contribution in [0.5, 0.6) is 0 Å². The van der Waals surface area contributed by atoms with Crippen molar-refractivity contribution in [2.45, 2.75) is 46.2 Å². The van der Waals surface area contributed by atoms with Gasteiger partial charge < -0.3 is 5.32 Å². The van der Waals surface area contributed by atoms with Gasteiger partial charge in [0.05, 0.1) is 22.4 Å². The summed E-state index contributed by atoms with van der Waals surface area (Å²) in [6.07, 6.45) is 4.39. The molecule has 0 aliphatic heterocycles. The van der Waals surface area contributed by atoms with Crippen molar-refractivity contribution in [3.8, 4) is 0 Å². The van der Waals surface area contributed by atoms with Gasteiger partial charge in [0.2, 0.25) is 0 Å². The van der Waals surface area contributed by atoms with Gasteiger partial charge in [-0.3, -0.25) is 4.68 Å². The molecule has 1 aliphatic carbocycles. The minimum absolute atomic E-state index is 0.457.